The quantitative estimate of drug-likeness (QED) is 0.137. The fourth-order valence-electron chi connectivity index (χ4n) is 5.27. The van der Waals surface area contributed by atoms with E-state index in [1.807, 2.05) is 103 Å². The molecule has 8 heteroatoms. The zero-order valence-corrected chi connectivity index (χ0v) is 26.3. The molecule has 0 amide bonds. The van der Waals surface area contributed by atoms with Crippen molar-refractivity contribution in [1.29, 1.82) is 5.26 Å². The largest absolute Gasteiger partial charge is 2.00 e. The molecular weight excluding hydrogens is 600 g/mol. The summed E-state index contributed by atoms with van der Waals surface area (Å²) in [6, 6.07) is 30.9. The fourth-order valence-corrected chi connectivity index (χ4v) is 5.27. The number of rotatable bonds is 4. The van der Waals surface area contributed by atoms with Crippen LogP contribution in [0.2, 0.25) is 0 Å². The topological polar surface area (TPSA) is 118 Å². The fraction of sp³-hybridized carbons (Fsp3) is 0. The van der Waals surface area contributed by atoms with Crippen molar-refractivity contribution in [3.05, 3.63) is 125 Å². The molecule has 3 aromatic heterocycles. The number of carboxylic acid groups (broad SMARTS) is 1. The second-order valence-corrected chi connectivity index (χ2v) is 9.94. The van der Waals surface area contributed by atoms with Crippen molar-refractivity contribution >= 4 is 58.4 Å². The summed E-state index contributed by atoms with van der Waals surface area (Å²) in [5.41, 5.74) is 8.51. The Balaban J connectivity index is 0.00000343. The molecule has 0 N–H and O–H groups in total. The molecule has 44 heavy (non-hydrogen) atoms. The predicted molar refractivity (Wildman–Crippen MR) is 166 cm³/mol. The molecule has 2 aliphatic rings. The monoisotopic (exact) mass is 618 g/mol. The summed E-state index contributed by atoms with van der Waals surface area (Å²) >= 11 is 0. The van der Waals surface area contributed by atoms with E-state index in [1.165, 1.54) is 6.08 Å². The Hall–Kier alpha value is -5.64. The zero-order valence-electron chi connectivity index (χ0n) is 23.3. The van der Waals surface area contributed by atoms with Gasteiger partial charge >= 0.3 is 19.5 Å². The van der Waals surface area contributed by atoms with Gasteiger partial charge in [0.25, 0.3) is 0 Å². The maximum Gasteiger partial charge on any atom is 2.00 e. The molecule has 2 aliphatic heterocycles. The SMILES string of the molecule is N#CC(=Cc1c2nc(c(-c3ccccc3)c3ccc(cc4nc(c(-c5ccccc5)c5ccc1[n-]5)C=C4)[n-]3)C=C2)C(=O)[O-].[Zn+2]. The van der Waals surface area contributed by atoms with Gasteiger partial charge in [-0.2, -0.15) is 5.26 Å². The van der Waals surface area contributed by atoms with Gasteiger partial charge in [0.05, 0.1) is 34.3 Å². The number of benzene rings is 2. The van der Waals surface area contributed by atoms with E-state index in [1.54, 1.807) is 18.2 Å². The molecule has 2 aromatic carbocycles. The van der Waals surface area contributed by atoms with Gasteiger partial charge in [0.2, 0.25) is 0 Å². The average molecular weight is 620 g/mol. The molecule has 0 atom stereocenters. The number of carbonyl (C=O) groups excluding carboxylic acids is 1. The number of nitriles is 1. The standard InChI is InChI=1S/C36H22N5O2.Zn/c37-21-24(36(42)43)19-27-28-15-17-32(40-28)34(22-7-3-1-4-8-22)30-13-11-25(38-30)20-26-12-14-31(39-26)35(23-9-5-2-6-10-23)33-18-16-29(27)41-33;/h1-20H,(H2-,38,39,40,41,42,43);/q-1;+2/p-2. The number of aliphatic carboxylic acids is 1. The Morgan fingerprint density at radius 3 is 1.93 bits per heavy atom. The summed E-state index contributed by atoms with van der Waals surface area (Å²) in [4.78, 5) is 31.5. The first-order chi connectivity index (χ1) is 21.1. The Labute approximate surface area is 265 Å². The van der Waals surface area contributed by atoms with E-state index < -0.39 is 11.5 Å². The third-order valence-corrected chi connectivity index (χ3v) is 7.23. The van der Waals surface area contributed by atoms with Crippen molar-refractivity contribution in [3.63, 3.8) is 0 Å². The van der Waals surface area contributed by atoms with E-state index in [0.29, 0.717) is 28.0 Å². The van der Waals surface area contributed by atoms with Crippen molar-refractivity contribution < 1.29 is 29.4 Å². The summed E-state index contributed by atoms with van der Waals surface area (Å²) in [5.74, 6) is -1.58. The number of carboxylic acids is 1. The number of fused-ring (bicyclic) bond motifs is 8. The molecule has 5 aromatic rings. The molecule has 7 rings (SSSR count). The molecule has 0 fully saturated rings. The number of hydrogen-bond donors (Lipinski definition) is 0. The van der Waals surface area contributed by atoms with Crippen LogP contribution in [0.5, 0.6) is 0 Å². The molecule has 0 radical (unpaired) electrons. The number of hydrogen-bond acceptors (Lipinski definition) is 5. The minimum Gasteiger partial charge on any atom is -0.657 e. The Kier molecular flexibility index (Phi) is 7.72. The summed E-state index contributed by atoms with van der Waals surface area (Å²) in [5, 5.41) is 21.4. The van der Waals surface area contributed by atoms with Crippen molar-refractivity contribution in [2.24, 2.45) is 0 Å². The van der Waals surface area contributed by atoms with Crippen molar-refractivity contribution in [1.82, 2.24) is 19.9 Å². The van der Waals surface area contributed by atoms with Gasteiger partial charge in [-0.05, 0) is 58.2 Å². The van der Waals surface area contributed by atoms with Crippen LogP contribution in [-0.4, -0.2) is 15.9 Å². The minimum atomic E-state index is -1.58. The van der Waals surface area contributed by atoms with Crippen LogP contribution in [0, 0.1) is 11.3 Å². The zero-order chi connectivity index (χ0) is 29.3. The van der Waals surface area contributed by atoms with E-state index in [9.17, 15) is 15.2 Å². The van der Waals surface area contributed by atoms with E-state index in [0.717, 1.165) is 44.7 Å². The van der Waals surface area contributed by atoms with Crippen LogP contribution >= 0.6 is 0 Å². The maximum absolute atomic E-state index is 11.8. The molecule has 0 saturated carbocycles. The molecule has 0 unspecified atom stereocenters. The van der Waals surface area contributed by atoms with E-state index in [2.05, 4.69) is 0 Å². The van der Waals surface area contributed by atoms with Crippen LogP contribution in [0.15, 0.2) is 96.6 Å². The second kappa shape index (κ2) is 11.9. The van der Waals surface area contributed by atoms with Crippen molar-refractivity contribution in [2.75, 3.05) is 0 Å². The van der Waals surface area contributed by atoms with Gasteiger partial charge in [-0.1, -0.05) is 91.0 Å². The van der Waals surface area contributed by atoms with Crippen LogP contribution in [0.4, 0.5) is 0 Å². The van der Waals surface area contributed by atoms with Gasteiger partial charge in [0.15, 0.2) is 0 Å². The summed E-state index contributed by atoms with van der Waals surface area (Å²) < 4.78 is 0. The van der Waals surface area contributed by atoms with Crippen LogP contribution in [0.25, 0.3) is 74.7 Å². The smallest absolute Gasteiger partial charge is 0.657 e. The maximum atomic E-state index is 11.8. The second-order valence-electron chi connectivity index (χ2n) is 9.94. The van der Waals surface area contributed by atoms with Crippen LogP contribution in [0.1, 0.15) is 28.3 Å². The van der Waals surface area contributed by atoms with Crippen LogP contribution in [0.3, 0.4) is 0 Å². The third kappa shape index (κ3) is 5.33. The molecule has 5 heterocycles. The summed E-state index contributed by atoms with van der Waals surface area (Å²) in [7, 11) is 0. The first kappa shape index (κ1) is 28.5. The number of nitrogens with zero attached hydrogens (tertiary/aromatic N) is 5. The van der Waals surface area contributed by atoms with Gasteiger partial charge in [0.1, 0.15) is 6.07 Å². The molecule has 0 spiro atoms. The van der Waals surface area contributed by atoms with Crippen LogP contribution in [-0.2, 0) is 24.3 Å². The molecule has 204 valence electrons. The molecular formula is C36H20N5O2Zn-. The van der Waals surface area contributed by atoms with Gasteiger partial charge in [-0.15, -0.1) is 22.1 Å². The Bertz CT molecular complexity index is 2180. The number of aromatic nitrogens is 4. The van der Waals surface area contributed by atoms with Gasteiger partial charge < -0.3 is 19.9 Å². The normalized spacial score (nSPS) is 12.0. The van der Waals surface area contributed by atoms with E-state index >= 15 is 0 Å². The molecule has 8 bridgehead atoms. The van der Waals surface area contributed by atoms with Gasteiger partial charge in [0, 0.05) is 0 Å². The van der Waals surface area contributed by atoms with Gasteiger partial charge in [-0.3, -0.25) is 0 Å². The first-order valence-corrected chi connectivity index (χ1v) is 13.5. The Morgan fingerprint density at radius 2 is 1.27 bits per heavy atom. The minimum absolute atomic E-state index is 0. The third-order valence-electron chi connectivity index (χ3n) is 7.23. The first-order valence-electron chi connectivity index (χ1n) is 13.5. The van der Waals surface area contributed by atoms with Crippen LogP contribution < -0.4 is 15.1 Å². The average Bonchev–Trinajstić information content (AvgIpc) is 3.85. The van der Waals surface area contributed by atoms with E-state index in [-0.39, 0.29) is 19.5 Å². The molecule has 0 saturated heterocycles. The molecule has 0 aliphatic carbocycles. The van der Waals surface area contributed by atoms with E-state index in [4.69, 9.17) is 19.9 Å². The van der Waals surface area contributed by atoms with Gasteiger partial charge in [-0.25, -0.2) is 9.97 Å². The number of carbonyl (C=O) groups is 1. The summed E-state index contributed by atoms with van der Waals surface area (Å²) in [6.45, 7) is 0. The van der Waals surface area contributed by atoms with Crippen molar-refractivity contribution in [3.8, 4) is 28.3 Å². The predicted octanol–water partition coefficient (Wildman–Crippen LogP) is 5.90. The van der Waals surface area contributed by atoms with Crippen molar-refractivity contribution in [2.45, 2.75) is 0 Å². The summed E-state index contributed by atoms with van der Waals surface area (Å²) in [6.07, 6.45) is 8.82. The molecule has 7 nitrogen and oxygen atoms in total. The Morgan fingerprint density at radius 1 is 0.705 bits per heavy atom.